The zero-order valence-corrected chi connectivity index (χ0v) is 12.3. The lowest BCUT2D eigenvalue weighted by Gasteiger charge is -1.97. The van der Waals surface area contributed by atoms with Crippen molar-refractivity contribution < 1.29 is 0 Å². The Morgan fingerprint density at radius 3 is 2.23 bits per heavy atom. The van der Waals surface area contributed by atoms with E-state index < -0.39 is 0 Å². The highest BCUT2D eigenvalue weighted by atomic mass is 15.1. The van der Waals surface area contributed by atoms with Crippen molar-refractivity contribution in [3.8, 4) is 6.07 Å². The number of hydrogen-bond acceptors (Lipinski definition) is 3. The van der Waals surface area contributed by atoms with E-state index in [1.54, 1.807) is 6.20 Å². The second kappa shape index (κ2) is 9.04. The fourth-order valence-electron chi connectivity index (χ4n) is 1.87. The van der Waals surface area contributed by atoms with E-state index in [4.69, 9.17) is 5.26 Å². The molecule has 0 saturated heterocycles. The highest BCUT2D eigenvalue weighted by Gasteiger charge is 1.96. The normalized spacial score (nSPS) is 11.9. The molecular formula is C19H17N3. The monoisotopic (exact) mass is 287 g/mol. The average molecular weight is 287 g/mol. The van der Waals surface area contributed by atoms with E-state index in [1.807, 2.05) is 72.8 Å². The van der Waals surface area contributed by atoms with Gasteiger partial charge < -0.3 is 0 Å². The van der Waals surface area contributed by atoms with Gasteiger partial charge in [-0.15, -0.1) is 0 Å². The van der Waals surface area contributed by atoms with Crippen molar-refractivity contribution in [2.45, 2.75) is 12.8 Å². The summed E-state index contributed by atoms with van der Waals surface area (Å²) < 4.78 is 0. The Kier molecular flexibility index (Phi) is 6.33. The summed E-state index contributed by atoms with van der Waals surface area (Å²) in [5.41, 5.74) is 2.93. The molecule has 0 amide bonds. The van der Waals surface area contributed by atoms with Crippen molar-refractivity contribution in [3.63, 3.8) is 0 Å². The molecule has 2 aromatic rings. The molecule has 0 bridgehead atoms. The third-order valence-corrected chi connectivity index (χ3v) is 2.95. The second-order valence-electron chi connectivity index (χ2n) is 4.65. The number of rotatable bonds is 6. The molecule has 0 aliphatic heterocycles. The Balaban J connectivity index is 2.06. The highest BCUT2D eigenvalue weighted by molar-refractivity contribution is 5.52. The molecule has 0 fully saturated rings. The predicted molar refractivity (Wildman–Crippen MR) is 89.6 cm³/mol. The largest absolute Gasteiger partial charge is 0.198 e. The van der Waals surface area contributed by atoms with Gasteiger partial charge in [0.05, 0.1) is 18.0 Å². The molecule has 2 aromatic carbocycles. The molecule has 0 heterocycles. The topological polar surface area (TPSA) is 48.5 Å². The lowest BCUT2D eigenvalue weighted by molar-refractivity contribution is 0.941. The summed E-state index contributed by atoms with van der Waals surface area (Å²) in [6, 6.07) is 22.0. The molecule has 3 nitrogen and oxygen atoms in total. The van der Waals surface area contributed by atoms with Gasteiger partial charge in [0.15, 0.2) is 0 Å². The van der Waals surface area contributed by atoms with Crippen LogP contribution in [0.1, 0.15) is 24.0 Å². The van der Waals surface area contributed by atoms with Gasteiger partial charge in [-0.2, -0.15) is 15.5 Å². The van der Waals surface area contributed by atoms with Crippen LogP contribution in [0.25, 0.3) is 12.2 Å². The fraction of sp³-hybridized carbons (Fsp3) is 0.105. The number of allylic oxidation sites excluding steroid dienone is 1. The Hall–Kier alpha value is -2.99. The van der Waals surface area contributed by atoms with Crippen molar-refractivity contribution in [3.05, 3.63) is 83.7 Å². The molecule has 0 saturated carbocycles. The zero-order chi connectivity index (χ0) is 15.5. The van der Waals surface area contributed by atoms with Crippen LogP contribution in [0.15, 0.2) is 82.8 Å². The number of benzene rings is 2. The van der Waals surface area contributed by atoms with Gasteiger partial charge in [0, 0.05) is 12.8 Å². The van der Waals surface area contributed by atoms with Crippen LogP contribution in [-0.2, 0) is 0 Å². The van der Waals surface area contributed by atoms with E-state index in [0.29, 0.717) is 12.8 Å². The number of hydrogen-bond donors (Lipinski definition) is 0. The molecule has 108 valence electrons. The number of nitrogens with zero attached hydrogens (tertiary/aromatic N) is 3. The van der Waals surface area contributed by atoms with Crippen molar-refractivity contribution in [1.82, 2.24) is 0 Å². The minimum absolute atomic E-state index is 0.431. The Bertz CT molecular complexity index is 692. The Labute approximate surface area is 131 Å². The molecule has 0 radical (unpaired) electrons. The second-order valence-corrected chi connectivity index (χ2v) is 4.65. The van der Waals surface area contributed by atoms with E-state index in [1.165, 1.54) is 0 Å². The average Bonchev–Trinajstić information content (AvgIpc) is 2.58. The highest BCUT2D eigenvalue weighted by Crippen LogP contribution is 2.13. The molecule has 0 aliphatic carbocycles. The van der Waals surface area contributed by atoms with Crippen molar-refractivity contribution in [2.75, 3.05) is 0 Å². The van der Waals surface area contributed by atoms with Crippen molar-refractivity contribution in [2.24, 2.45) is 10.2 Å². The van der Waals surface area contributed by atoms with Crippen LogP contribution in [0.4, 0.5) is 0 Å². The summed E-state index contributed by atoms with van der Waals surface area (Å²) in [6.07, 6.45) is 6.54. The standard InChI is InChI=1S/C19H17N3/c20-14-7-12-19(16-18-10-5-2-6-11-18)22-21-15-13-17-8-3-1-4-9-17/h1-6,8-11,13,15-16H,7,12H2. The molecule has 0 aromatic heterocycles. The lowest BCUT2D eigenvalue weighted by Crippen LogP contribution is -1.79. The molecule has 2 rings (SSSR count). The van der Waals surface area contributed by atoms with E-state index >= 15 is 0 Å². The summed E-state index contributed by atoms with van der Waals surface area (Å²) in [7, 11) is 0. The van der Waals surface area contributed by atoms with Crippen LogP contribution in [0.2, 0.25) is 0 Å². The first-order valence-electron chi connectivity index (χ1n) is 7.13. The maximum absolute atomic E-state index is 8.74. The number of nitriles is 1. The quantitative estimate of drug-likeness (QED) is 0.651. The van der Waals surface area contributed by atoms with Gasteiger partial charge in [0.1, 0.15) is 0 Å². The van der Waals surface area contributed by atoms with Crippen LogP contribution >= 0.6 is 0 Å². The van der Waals surface area contributed by atoms with Gasteiger partial charge in [-0.25, -0.2) is 0 Å². The van der Waals surface area contributed by atoms with Gasteiger partial charge >= 0.3 is 0 Å². The summed E-state index contributed by atoms with van der Waals surface area (Å²) in [4.78, 5) is 0. The Morgan fingerprint density at radius 1 is 0.955 bits per heavy atom. The van der Waals surface area contributed by atoms with Gasteiger partial charge in [-0.3, -0.25) is 0 Å². The van der Waals surface area contributed by atoms with E-state index in [2.05, 4.69) is 16.3 Å². The van der Waals surface area contributed by atoms with Crippen LogP contribution in [0.3, 0.4) is 0 Å². The van der Waals surface area contributed by atoms with Crippen molar-refractivity contribution in [1.29, 1.82) is 5.26 Å². The van der Waals surface area contributed by atoms with Gasteiger partial charge in [-0.1, -0.05) is 60.7 Å². The molecule has 3 heteroatoms. The molecule has 0 unspecified atom stereocenters. The summed E-state index contributed by atoms with van der Waals surface area (Å²) in [6.45, 7) is 0. The summed E-state index contributed by atoms with van der Waals surface area (Å²) >= 11 is 0. The SMILES string of the molecule is N#CCCC(=Cc1ccccc1)N=NC=Cc1ccccc1. The van der Waals surface area contributed by atoms with E-state index in [0.717, 1.165) is 16.8 Å². The predicted octanol–water partition coefficient (Wildman–Crippen LogP) is 5.45. The lowest BCUT2D eigenvalue weighted by atomic mass is 10.1. The van der Waals surface area contributed by atoms with Crippen LogP contribution in [0, 0.1) is 11.3 Å². The maximum atomic E-state index is 8.74. The first kappa shape index (κ1) is 15.4. The van der Waals surface area contributed by atoms with Gasteiger partial charge in [0.25, 0.3) is 0 Å². The van der Waals surface area contributed by atoms with E-state index in [-0.39, 0.29) is 0 Å². The molecule has 0 atom stereocenters. The molecule has 22 heavy (non-hydrogen) atoms. The summed E-state index contributed by atoms with van der Waals surface area (Å²) in [5, 5.41) is 17.0. The Morgan fingerprint density at radius 2 is 1.59 bits per heavy atom. The third kappa shape index (κ3) is 5.56. The smallest absolute Gasteiger partial charge is 0.0646 e. The van der Waals surface area contributed by atoms with Gasteiger partial charge in [-0.05, 0) is 23.3 Å². The molecule has 0 N–H and O–H groups in total. The van der Waals surface area contributed by atoms with Crippen LogP contribution in [-0.4, -0.2) is 0 Å². The van der Waals surface area contributed by atoms with E-state index in [9.17, 15) is 0 Å². The minimum atomic E-state index is 0.431. The maximum Gasteiger partial charge on any atom is 0.0646 e. The fourth-order valence-corrected chi connectivity index (χ4v) is 1.87. The first-order chi connectivity index (χ1) is 10.9. The molecule has 0 aliphatic rings. The third-order valence-electron chi connectivity index (χ3n) is 2.95. The summed E-state index contributed by atoms with van der Waals surface area (Å²) in [5.74, 6) is 0. The number of azo groups is 1. The van der Waals surface area contributed by atoms with Gasteiger partial charge in [0.2, 0.25) is 0 Å². The van der Waals surface area contributed by atoms with Crippen LogP contribution < -0.4 is 0 Å². The molecule has 0 spiro atoms. The zero-order valence-electron chi connectivity index (χ0n) is 12.3. The van der Waals surface area contributed by atoms with Crippen LogP contribution in [0.5, 0.6) is 0 Å². The molecular weight excluding hydrogens is 270 g/mol. The minimum Gasteiger partial charge on any atom is -0.198 e. The first-order valence-corrected chi connectivity index (χ1v) is 7.13. The van der Waals surface area contributed by atoms with Crippen molar-refractivity contribution >= 4 is 12.2 Å².